The Hall–Kier alpha value is -3.08. The molecular formula is C24H28N4O. The van der Waals surface area contributed by atoms with Crippen LogP contribution < -0.4 is 4.90 Å². The van der Waals surface area contributed by atoms with Gasteiger partial charge in [0.05, 0.1) is 5.69 Å². The molecule has 5 heteroatoms. The van der Waals surface area contributed by atoms with Crippen LogP contribution in [0.2, 0.25) is 0 Å². The van der Waals surface area contributed by atoms with Gasteiger partial charge in [0.1, 0.15) is 5.69 Å². The molecule has 2 aromatic carbocycles. The Morgan fingerprint density at radius 1 is 0.862 bits per heavy atom. The van der Waals surface area contributed by atoms with E-state index < -0.39 is 0 Å². The van der Waals surface area contributed by atoms with Crippen LogP contribution in [0.4, 0.5) is 5.69 Å². The number of amides is 1. The third kappa shape index (κ3) is 3.90. The highest BCUT2D eigenvalue weighted by molar-refractivity contribution is 5.93. The summed E-state index contributed by atoms with van der Waals surface area (Å²) < 4.78 is 0. The smallest absolute Gasteiger partial charge is 0.272 e. The van der Waals surface area contributed by atoms with E-state index in [9.17, 15) is 4.79 Å². The van der Waals surface area contributed by atoms with Crippen molar-refractivity contribution in [3.05, 3.63) is 70.4 Å². The van der Waals surface area contributed by atoms with E-state index in [-0.39, 0.29) is 5.91 Å². The minimum Gasteiger partial charge on any atom is -0.368 e. The first-order valence-corrected chi connectivity index (χ1v) is 10.2. The fourth-order valence-corrected chi connectivity index (χ4v) is 4.05. The summed E-state index contributed by atoms with van der Waals surface area (Å²) in [6.07, 6.45) is 0. The average Bonchev–Trinajstić information content (AvgIpc) is 3.19. The highest BCUT2D eigenvalue weighted by Gasteiger charge is 2.24. The maximum Gasteiger partial charge on any atom is 0.272 e. The Kier molecular flexibility index (Phi) is 5.14. The summed E-state index contributed by atoms with van der Waals surface area (Å²) >= 11 is 0. The van der Waals surface area contributed by atoms with E-state index >= 15 is 0 Å². The number of aromatic nitrogens is 2. The highest BCUT2D eigenvalue weighted by atomic mass is 16.2. The molecule has 0 aliphatic carbocycles. The first kappa shape index (κ1) is 19.2. The van der Waals surface area contributed by atoms with Gasteiger partial charge in [-0.2, -0.15) is 5.10 Å². The fraction of sp³-hybridized carbons (Fsp3) is 0.333. The SMILES string of the molecule is Cc1ccc(-c2cc(C(=O)N3CCN(c4cc(C)ccc4C)CC3)[nH]n2)c(C)c1. The zero-order valence-electron chi connectivity index (χ0n) is 17.6. The second kappa shape index (κ2) is 7.74. The number of H-pyrrole nitrogens is 1. The number of rotatable bonds is 3. The number of aryl methyl sites for hydroxylation is 4. The van der Waals surface area contributed by atoms with Gasteiger partial charge in [-0.05, 0) is 56.5 Å². The zero-order valence-corrected chi connectivity index (χ0v) is 17.6. The first-order chi connectivity index (χ1) is 13.9. The summed E-state index contributed by atoms with van der Waals surface area (Å²) in [5, 5.41) is 7.34. The predicted molar refractivity (Wildman–Crippen MR) is 118 cm³/mol. The number of nitrogens with one attached hydrogen (secondary N) is 1. The molecule has 0 radical (unpaired) electrons. The van der Waals surface area contributed by atoms with E-state index in [0.717, 1.165) is 29.9 Å². The van der Waals surface area contributed by atoms with Crippen molar-refractivity contribution in [1.29, 1.82) is 0 Å². The number of anilines is 1. The summed E-state index contributed by atoms with van der Waals surface area (Å²) in [5.74, 6) is 0.0223. The molecule has 1 saturated heterocycles. The largest absolute Gasteiger partial charge is 0.368 e. The van der Waals surface area contributed by atoms with Crippen molar-refractivity contribution >= 4 is 11.6 Å². The number of aromatic amines is 1. The molecule has 1 aromatic heterocycles. The van der Waals surface area contributed by atoms with Crippen LogP contribution in [0.1, 0.15) is 32.7 Å². The maximum atomic E-state index is 13.0. The molecule has 1 aliphatic rings. The molecule has 0 spiro atoms. The number of piperazine rings is 1. The van der Waals surface area contributed by atoms with Gasteiger partial charge in [-0.1, -0.05) is 35.9 Å². The lowest BCUT2D eigenvalue weighted by Gasteiger charge is -2.36. The number of carbonyl (C=O) groups excluding carboxylic acids is 1. The Morgan fingerprint density at radius 3 is 2.28 bits per heavy atom. The van der Waals surface area contributed by atoms with Crippen LogP contribution in [0.3, 0.4) is 0 Å². The standard InChI is InChI=1S/C24H28N4O/c1-16-6-8-20(19(4)13-16)21-15-22(26-25-21)24(29)28-11-9-27(10-12-28)23-14-17(2)5-7-18(23)3/h5-8,13-15H,9-12H2,1-4H3,(H,25,26). The summed E-state index contributed by atoms with van der Waals surface area (Å²) in [4.78, 5) is 17.3. The van der Waals surface area contributed by atoms with Gasteiger partial charge < -0.3 is 9.80 Å². The average molecular weight is 389 g/mol. The molecule has 5 nitrogen and oxygen atoms in total. The number of hydrogen-bond acceptors (Lipinski definition) is 3. The van der Waals surface area contributed by atoms with Crippen LogP contribution in [-0.2, 0) is 0 Å². The monoisotopic (exact) mass is 388 g/mol. The van der Waals surface area contributed by atoms with Crippen molar-refractivity contribution < 1.29 is 4.79 Å². The van der Waals surface area contributed by atoms with Crippen molar-refractivity contribution in [2.75, 3.05) is 31.1 Å². The van der Waals surface area contributed by atoms with Crippen LogP contribution in [0.5, 0.6) is 0 Å². The fourth-order valence-electron chi connectivity index (χ4n) is 4.05. The van der Waals surface area contributed by atoms with Gasteiger partial charge in [0.25, 0.3) is 5.91 Å². The molecule has 4 rings (SSSR count). The summed E-state index contributed by atoms with van der Waals surface area (Å²) in [6, 6.07) is 14.7. The van der Waals surface area contributed by atoms with Gasteiger partial charge in [0.15, 0.2) is 0 Å². The van der Waals surface area contributed by atoms with Crippen molar-refractivity contribution in [1.82, 2.24) is 15.1 Å². The lowest BCUT2D eigenvalue weighted by atomic mass is 10.0. The molecule has 0 saturated carbocycles. The molecule has 0 unspecified atom stereocenters. The summed E-state index contributed by atoms with van der Waals surface area (Å²) in [5.41, 5.74) is 8.64. The lowest BCUT2D eigenvalue weighted by Crippen LogP contribution is -2.49. The number of carbonyl (C=O) groups is 1. The maximum absolute atomic E-state index is 13.0. The van der Waals surface area contributed by atoms with E-state index in [1.54, 1.807) is 0 Å². The molecule has 1 aliphatic heterocycles. The van der Waals surface area contributed by atoms with Crippen LogP contribution in [0.25, 0.3) is 11.3 Å². The van der Waals surface area contributed by atoms with Gasteiger partial charge in [-0.25, -0.2) is 0 Å². The van der Waals surface area contributed by atoms with Crippen molar-refractivity contribution in [2.24, 2.45) is 0 Å². The van der Waals surface area contributed by atoms with Crippen LogP contribution in [-0.4, -0.2) is 47.2 Å². The molecule has 1 amide bonds. The minimum absolute atomic E-state index is 0.0223. The van der Waals surface area contributed by atoms with Gasteiger partial charge in [-0.15, -0.1) is 0 Å². The van der Waals surface area contributed by atoms with Crippen LogP contribution >= 0.6 is 0 Å². The Morgan fingerprint density at radius 2 is 1.55 bits per heavy atom. The summed E-state index contributed by atoms with van der Waals surface area (Å²) in [6.45, 7) is 11.5. The van der Waals surface area contributed by atoms with E-state index in [2.05, 4.69) is 79.2 Å². The molecule has 2 heterocycles. The quantitative estimate of drug-likeness (QED) is 0.729. The first-order valence-electron chi connectivity index (χ1n) is 10.2. The number of benzene rings is 2. The van der Waals surface area contributed by atoms with Gasteiger partial charge >= 0.3 is 0 Å². The zero-order chi connectivity index (χ0) is 20.5. The third-order valence-electron chi connectivity index (χ3n) is 5.74. The number of hydrogen-bond donors (Lipinski definition) is 1. The van der Waals surface area contributed by atoms with Crippen molar-refractivity contribution in [3.8, 4) is 11.3 Å². The molecule has 0 atom stereocenters. The molecule has 3 aromatic rings. The Labute approximate surface area is 172 Å². The van der Waals surface area contributed by atoms with Crippen LogP contribution in [0.15, 0.2) is 42.5 Å². The molecule has 0 bridgehead atoms. The highest BCUT2D eigenvalue weighted by Crippen LogP contribution is 2.25. The van der Waals surface area contributed by atoms with E-state index in [1.807, 2.05) is 11.0 Å². The molecule has 1 N–H and O–H groups in total. The van der Waals surface area contributed by atoms with E-state index in [0.29, 0.717) is 18.8 Å². The van der Waals surface area contributed by atoms with E-state index in [4.69, 9.17) is 0 Å². The van der Waals surface area contributed by atoms with Crippen LogP contribution in [0, 0.1) is 27.7 Å². The Balaban J connectivity index is 1.45. The van der Waals surface area contributed by atoms with Crippen molar-refractivity contribution in [2.45, 2.75) is 27.7 Å². The molecular weight excluding hydrogens is 360 g/mol. The van der Waals surface area contributed by atoms with Gasteiger partial charge in [0, 0.05) is 37.4 Å². The summed E-state index contributed by atoms with van der Waals surface area (Å²) in [7, 11) is 0. The van der Waals surface area contributed by atoms with E-state index in [1.165, 1.54) is 22.4 Å². The van der Waals surface area contributed by atoms with Gasteiger partial charge in [-0.3, -0.25) is 9.89 Å². The Bertz CT molecular complexity index is 1040. The molecule has 150 valence electrons. The minimum atomic E-state index is 0.0223. The lowest BCUT2D eigenvalue weighted by molar-refractivity contribution is 0.0741. The third-order valence-corrected chi connectivity index (χ3v) is 5.74. The predicted octanol–water partition coefficient (Wildman–Crippen LogP) is 4.27. The normalized spacial score (nSPS) is 14.3. The second-order valence-electron chi connectivity index (χ2n) is 8.05. The van der Waals surface area contributed by atoms with Crippen molar-refractivity contribution in [3.63, 3.8) is 0 Å². The number of nitrogens with zero attached hydrogens (tertiary/aromatic N) is 3. The van der Waals surface area contributed by atoms with Gasteiger partial charge in [0.2, 0.25) is 0 Å². The molecule has 1 fully saturated rings. The topological polar surface area (TPSA) is 52.2 Å². The second-order valence-corrected chi connectivity index (χ2v) is 8.05. The molecule has 29 heavy (non-hydrogen) atoms.